The molecule has 1 saturated heterocycles. The van der Waals surface area contributed by atoms with Gasteiger partial charge in [-0.15, -0.1) is 0 Å². The molecule has 3 aromatic rings. The molecule has 240 valence electrons. The third-order valence-corrected chi connectivity index (χ3v) is 10.0. The molecule has 1 saturated carbocycles. The standard InChI is InChI=1S/C37H47ClN4O3/c1-24(2)45-35-23-33-28(21-34(35)44-4)22-36(43)42(37(33)27-5-9-29(38)10-6-27)32-15-11-30(12-16-32)40-25(3)26-7-13-31(14-8-26)41-19-17-39-18-20-41/h5-6,9-12,15-16,21,23-26,31,37,39-40H,7-8,13-14,17-20,22H2,1-4H3. The zero-order chi connectivity index (χ0) is 31.5. The third-order valence-electron chi connectivity index (χ3n) is 9.79. The van der Waals surface area contributed by atoms with Crippen LogP contribution in [0, 0.1) is 5.92 Å². The smallest absolute Gasteiger partial charge is 0.232 e. The lowest BCUT2D eigenvalue weighted by atomic mass is 9.81. The van der Waals surface area contributed by atoms with Crippen LogP contribution in [0.5, 0.6) is 11.5 Å². The second-order valence-corrected chi connectivity index (χ2v) is 13.5. The molecule has 1 amide bonds. The topological polar surface area (TPSA) is 66.1 Å². The number of benzene rings is 3. The summed E-state index contributed by atoms with van der Waals surface area (Å²) < 4.78 is 11.8. The fourth-order valence-corrected chi connectivity index (χ4v) is 7.57. The molecule has 1 aliphatic carbocycles. The Morgan fingerprint density at radius 1 is 0.911 bits per heavy atom. The highest BCUT2D eigenvalue weighted by Crippen LogP contribution is 2.44. The van der Waals surface area contributed by atoms with Crippen molar-refractivity contribution < 1.29 is 14.3 Å². The molecule has 2 N–H and O–H groups in total. The Bertz CT molecular complexity index is 1450. The van der Waals surface area contributed by atoms with E-state index in [-0.39, 0.29) is 24.5 Å². The molecule has 2 heterocycles. The molecule has 3 aliphatic rings. The summed E-state index contributed by atoms with van der Waals surface area (Å²) in [6.07, 6.45) is 5.37. The van der Waals surface area contributed by atoms with E-state index in [4.69, 9.17) is 21.1 Å². The number of amides is 1. The number of anilines is 2. The second kappa shape index (κ2) is 14.0. The van der Waals surface area contributed by atoms with Crippen LogP contribution in [-0.4, -0.2) is 62.3 Å². The van der Waals surface area contributed by atoms with Gasteiger partial charge in [-0.1, -0.05) is 23.7 Å². The van der Waals surface area contributed by atoms with Gasteiger partial charge in [-0.25, -0.2) is 0 Å². The Hall–Kier alpha value is -3.26. The van der Waals surface area contributed by atoms with E-state index in [1.807, 2.05) is 55.1 Å². The quantitative estimate of drug-likeness (QED) is 0.263. The molecule has 0 spiro atoms. The van der Waals surface area contributed by atoms with Crippen LogP contribution in [0.25, 0.3) is 0 Å². The van der Waals surface area contributed by atoms with Crippen molar-refractivity contribution in [1.82, 2.24) is 10.2 Å². The van der Waals surface area contributed by atoms with Gasteiger partial charge in [0.2, 0.25) is 5.91 Å². The van der Waals surface area contributed by atoms with Crippen LogP contribution in [0.3, 0.4) is 0 Å². The number of nitrogens with zero attached hydrogens (tertiary/aromatic N) is 2. The van der Waals surface area contributed by atoms with Crippen molar-refractivity contribution in [3.63, 3.8) is 0 Å². The number of methoxy groups -OCH3 is 1. The van der Waals surface area contributed by atoms with Crippen LogP contribution >= 0.6 is 11.6 Å². The second-order valence-electron chi connectivity index (χ2n) is 13.1. The maximum atomic E-state index is 13.9. The van der Waals surface area contributed by atoms with Gasteiger partial charge in [-0.2, -0.15) is 0 Å². The lowest BCUT2D eigenvalue weighted by Gasteiger charge is -2.40. The molecule has 2 aliphatic heterocycles. The lowest BCUT2D eigenvalue weighted by Crippen LogP contribution is -2.49. The highest BCUT2D eigenvalue weighted by Gasteiger charge is 2.36. The number of piperazine rings is 1. The zero-order valence-corrected chi connectivity index (χ0v) is 27.8. The Morgan fingerprint density at radius 2 is 1.60 bits per heavy atom. The van der Waals surface area contributed by atoms with E-state index in [2.05, 4.69) is 46.7 Å². The van der Waals surface area contributed by atoms with Gasteiger partial charge in [0.15, 0.2) is 11.5 Å². The van der Waals surface area contributed by atoms with Gasteiger partial charge >= 0.3 is 0 Å². The van der Waals surface area contributed by atoms with E-state index in [0.717, 1.165) is 47.2 Å². The number of ether oxygens (including phenoxy) is 2. The van der Waals surface area contributed by atoms with E-state index in [9.17, 15) is 4.79 Å². The summed E-state index contributed by atoms with van der Waals surface area (Å²) in [5.41, 5.74) is 4.91. The fraction of sp³-hybridized carbons (Fsp3) is 0.486. The van der Waals surface area contributed by atoms with Crippen molar-refractivity contribution >= 4 is 28.9 Å². The maximum Gasteiger partial charge on any atom is 0.232 e. The van der Waals surface area contributed by atoms with Gasteiger partial charge in [0.1, 0.15) is 0 Å². The van der Waals surface area contributed by atoms with Crippen LogP contribution in [-0.2, 0) is 11.2 Å². The number of carbonyl (C=O) groups excluding carboxylic acids is 1. The average molecular weight is 631 g/mol. The van der Waals surface area contributed by atoms with Gasteiger partial charge in [-0.05, 0) is 118 Å². The Balaban J connectivity index is 1.22. The van der Waals surface area contributed by atoms with Crippen LogP contribution in [0.15, 0.2) is 60.7 Å². The Kier molecular flexibility index (Phi) is 9.88. The highest BCUT2D eigenvalue weighted by molar-refractivity contribution is 6.30. The summed E-state index contributed by atoms with van der Waals surface area (Å²) in [4.78, 5) is 18.5. The van der Waals surface area contributed by atoms with Crippen LogP contribution in [0.1, 0.15) is 69.2 Å². The van der Waals surface area contributed by atoms with Crippen LogP contribution in [0.4, 0.5) is 11.4 Å². The minimum atomic E-state index is -0.331. The molecule has 3 aromatic carbocycles. The van der Waals surface area contributed by atoms with E-state index in [1.54, 1.807) is 7.11 Å². The fourth-order valence-electron chi connectivity index (χ4n) is 7.44. The van der Waals surface area contributed by atoms with Crippen molar-refractivity contribution in [2.75, 3.05) is 43.5 Å². The monoisotopic (exact) mass is 630 g/mol. The maximum absolute atomic E-state index is 13.9. The first-order valence-electron chi connectivity index (χ1n) is 16.6. The minimum absolute atomic E-state index is 0.0167. The van der Waals surface area contributed by atoms with Gasteiger partial charge < -0.3 is 25.0 Å². The van der Waals surface area contributed by atoms with Crippen molar-refractivity contribution in [1.29, 1.82) is 0 Å². The highest BCUT2D eigenvalue weighted by atomic mass is 35.5. The molecule has 8 heteroatoms. The number of nitrogens with one attached hydrogen (secondary N) is 2. The normalized spacial score (nSPS) is 23.0. The number of hydrogen-bond donors (Lipinski definition) is 2. The summed E-state index contributed by atoms with van der Waals surface area (Å²) >= 11 is 6.28. The molecular weight excluding hydrogens is 584 g/mol. The van der Waals surface area contributed by atoms with Gasteiger partial charge in [-0.3, -0.25) is 9.69 Å². The summed E-state index contributed by atoms with van der Waals surface area (Å²) in [5.74, 6) is 2.02. The SMILES string of the molecule is COc1cc2c(cc1OC(C)C)C(c1ccc(Cl)cc1)N(c1ccc(NC(C)C3CCC(N4CCNCC4)CC3)cc1)C(=O)C2. The Morgan fingerprint density at radius 3 is 2.24 bits per heavy atom. The first-order valence-corrected chi connectivity index (χ1v) is 16.9. The molecule has 0 bridgehead atoms. The largest absolute Gasteiger partial charge is 0.493 e. The first kappa shape index (κ1) is 31.7. The molecular formula is C37H47ClN4O3. The predicted molar refractivity (Wildman–Crippen MR) is 183 cm³/mol. The van der Waals surface area contributed by atoms with Gasteiger partial charge in [0, 0.05) is 54.7 Å². The van der Waals surface area contributed by atoms with Crippen LogP contribution < -0.4 is 25.0 Å². The lowest BCUT2D eigenvalue weighted by molar-refractivity contribution is -0.118. The molecule has 2 atom stereocenters. The average Bonchev–Trinajstić information content (AvgIpc) is 3.05. The number of carbonyl (C=O) groups is 1. The molecule has 2 fully saturated rings. The van der Waals surface area contributed by atoms with Crippen molar-refractivity contribution in [2.45, 2.75) is 77.1 Å². The number of hydrogen-bond acceptors (Lipinski definition) is 6. The van der Waals surface area contributed by atoms with E-state index in [1.165, 1.54) is 38.8 Å². The summed E-state index contributed by atoms with van der Waals surface area (Å²) in [6.45, 7) is 10.9. The van der Waals surface area contributed by atoms with Gasteiger partial charge in [0.25, 0.3) is 0 Å². The summed E-state index contributed by atoms with van der Waals surface area (Å²) in [5, 5.41) is 7.92. The zero-order valence-electron chi connectivity index (χ0n) is 27.0. The van der Waals surface area contributed by atoms with E-state index >= 15 is 0 Å². The molecule has 0 radical (unpaired) electrons. The van der Waals surface area contributed by atoms with Crippen molar-refractivity contribution in [3.05, 3.63) is 82.4 Å². The first-order chi connectivity index (χ1) is 21.8. The summed E-state index contributed by atoms with van der Waals surface area (Å²) in [6, 6.07) is 20.9. The molecule has 0 aromatic heterocycles. The minimum Gasteiger partial charge on any atom is -0.493 e. The third kappa shape index (κ3) is 7.11. The van der Waals surface area contributed by atoms with Crippen molar-refractivity contribution in [2.24, 2.45) is 5.92 Å². The number of halogens is 1. The Labute approximate surface area is 273 Å². The molecule has 6 rings (SSSR count). The number of fused-ring (bicyclic) bond motifs is 1. The van der Waals surface area contributed by atoms with E-state index in [0.29, 0.717) is 28.5 Å². The summed E-state index contributed by atoms with van der Waals surface area (Å²) in [7, 11) is 1.64. The predicted octanol–water partition coefficient (Wildman–Crippen LogP) is 7.08. The molecule has 7 nitrogen and oxygen atoms in total. The number of rotatable bonds is 9. The van der Waals surface area contributed by atoms with Crippen molar-refractivity contribution in [3.8, 4) is 11.5 Å². The molecule has 45 heavy (non-hydrogen) atoms. The molecule has 2 unspecified atom stereocenters. The van der Waals surface area contributed by atoms with E-state index < -0.39 is 0 Å². The van der Waals surface area contributed by atoms with Gasteiger partial charge in [0.05, 0.1) is 25.7 Å². The van der Waals surface area contributed by atoms with Crippen LogP contribution in [0.2, 0.25) is 5.02 Å².